The molecule has 0 spiro atoms. The van der Waals surface area contributed by atoms with Crippen LogP contribution < -0.4 is 5.73 Å². The molecule has 0 atom stereocenters. The van der Waals surface area contributed by atoms with Crippen LogP contribution in [-0.2, 0) is 0 Å². The van der Waals surface area contributed by atoms with E-state index in [0.717, 1.165) is 11.3 Å². The van der Waals surface area contributed by atoms with Gasteiger partial charge in [0.2, 0.25) is 5.91 Å². The minimum absolute atomic E-state index is 0.420. The maximum atomic E-state index is 10.8. The summed E-state index contributed by atoms with van der Waals surface area (Å²) in [6.07, 6.45) is 1.61. The van der Waals surface area contributed by atoms with Crippen LogP contribution in [-0.4, -0.2) is 5.91 Å². The number of primary amides is 1. The Labute approximate surface area is 81.1 Å². The molecule has 2 aromatic rings. The van der Waals surface area contributed by atoms with Crippen molar-refractivity contribution in [1.82, 2.24) is 0 Å². The smallest absolute Gasteiger partial charge is 0.248 e. The van der Waals surface area contributed by atoms with Crippen LogP contribution in [0.5, 0.6) is 0 Å². The second kappa shape index (κ2) is 3.38. The molecule has 3 nitrogen and oxygen atoms in total. The van der Waals surface area contributed by atoms with E-state index >= 15 is 0 Å². The van der Waals surface area contributed by atoms with E-state index in [2.05, 4.69) is 0 Å². The third-order valence-corrected chi connectivity index (χ3v) is 1.98. The second-order valence-electron chi connectivity index (χ2n) is 2.92. The number of hydrogen-bond donors (Lipinski definition) is 1. The van der Waals surface area contributed by atoms with Gasteiger partial charge in [-0.1, -0.05) is 12.1 Å². The van der Waals surface area contributed by atoms with E-state index in [1.165, 1.54) is 0 Å². The molecule has 0 unspecified atom stereocenters. The minimum Gasteiger partial charge on any atom is -0.464 e. The zero-order chi connectivity index (χ0) is 9.97. The van der Waals surface area contributed by atoms with Gasteiger partial charge in [0.1, 0.15) is 5.76 Å². The average Bonchev–Trinajstić information content (AvgIpc) is 2.71. The molecule has 2 N–H and O–H groups in total. The molecule has 70 valence electrons. The van der Waals surface area contributed by atoms with E-state index in [4.69, 9.17) is 10.2 Å². The van der Waals surface area contributed by atoms with Crippen LogP contribution in [0.15, 0.2) is 47.1 Å². The largest absolute Gasteiger partial charge is 0.464 e. The van der Waals surface area contributed by atoms with Crippen molar-refractivity contribution in [2.75, 3.05) is 0 Å². The molecule has 1 amide bonds. The molecule has 1 heterocycles. The van der Waals surface area contributed by atoms with Gasteiger partial charge in [-0.2, -0.15) is 0 Å². The Morgan fingerprint density at radius 2 is 1.86 bits per heavy atom. The number of carbonyl (C=O) groups excluding carboxylic acids is 1. The van der Waals surface area contributed by atoms with Crippen LogP contribution in [0.4, 0.5) is 0 Å². The fraction of sp³-hybridized carbons (Fsp3) is 0. The van der Waals surface area contributed by atoms with Crippen molar-refractivity contribution in [1.29, 1.82) is 0 Å². The predicted molar refractivity (Wildman–Crippen MR) is 52.7 cm³/mol. The molecule has 0 fully saturated rings. The number of rotatable bonds is 2. The molecule has 2 rings (SSSR count). The Balaban J connectivity index is 2.36. The van der Waals surface area contributed by atoms with Crippen molar-refractivity contribution in [3.05, 3.63) is 48.2 Å². The quantitative estimate of drug-likeness (QED) is 0.782. The van der Waals surface area contributed by atoms with Crippen molar-refractivity contribution in [3.63, 3.8) is 0 Å². The predicted octanol–water partition coefficient (Wildman–Crippen LogP) is 2.05. The lowest BCUT2D eigenvalue weighted by Gasteiger charge is -1.97. The summed E-state index contributed by atoms with van der Waals surface area (Å²) in [6.45, 7) is 0. The zero-order valence-corrected chi connectivity index (χ0v) is 7.44. The minimum atomic E-state index is -0.420. The summed E-state index contributed by atoms with van der Waals surface area (Å²) in [7, 11) is 0. The SMILES string of the molecule is NC(=O)c1ccc(-c2ccco2)cc1. The van der Waals surface area contributed by atoms with E-state index in [-0.39, 0.29) is 0 Å². The first-order chi connectivity index (χ1) is 6.77. The van der Waals surface area contributed by atoms with E-state index in [9.17, 15) is 4.79 Å². The number of benzene rings is 1. The molecule has 0 aliphatic carbocycles. The van der Waals surface area contributed by atoms with Crippen LogP contribution in [0, 0.1) is 0 Å². The standard InChI is InChI=1S/C11H9NO2/c12-11(13)9-5-3-8(4-6-9)10-2-1-7-14-10/h1-7H,(H2,12,13). The van der Waals surface area contributed by atoms with Gasteiger partial charge in [-0.25, -0.2) is 0 Å². The summed E-state index contributed by atoms with van der Waals surface area (Å²) in [6, 6.07) is 10.6. The van der Waals surface area contributed by atoms with Gasteiger partial charge < -0.3 is 10.2 Å². The van der Waals surface area contributed by atoms with Crippen molar-refractivity contribution < 1.29 is 9.21 Å². The molecule has 1 aromatic heterocycles. The van der Waals surface area contributed by atoms with Crippen LogP contribution in [0.25, 0.3) is 11.3 Å². The van der Waals surface area contributed by atoms with Crippen molar-refractivity contribution >= 4 is 5.91 Å². The number of amides is 1. The lowest BCUT2D eigenvalue weighted by Crippen LogP contribution is -2.10. The number of nitrogens with two attached hydrogens (primary N) is 1. The van der Waals surface area contributed by atoms with Gasteiger partial charge in [0.25, 0.3) is 0 Å². The number of hydrogen-bond acceptors (Lipinski definition) is 2. The van der Waals surface area contributed by atoms with Crippen LogP contribution in [0.3, 0.4) is 0 Å². The Bertz CT molecular complexity index is 429. The van der Waals surface area contributed by atoms with Crippen LogP contribution >= 0.6 is 0 Å². The van der Waals surface area contributed by atoms with E-state index in [1.807, 2.05) is 12.1 Å². The average molecular weight is 187 g/mol. The van der Waals surface area contributed by atoms with Gasteiger partial charge in [0.05, 0.1) is 6.26 Å². The molecule has 0 saturated heterocycles. The maximum absolute atomic E-state index is 10.8. The summed E-state index contributed by atoms with van der Waals surface area (Å²) in [5.74, 6) is 0.358. The third-order valence-electron chi connectivity index (χ3n) is 1.98. The van der Waals surface area contributed by atoms with Crippen molar-refractivity contribution in [3.8, 4) is 11.3 Å². The maximum Gasteiger partial charge on any atom is 0.248 e. The van der Waals surface area contributed by atoms with Gasteiger partial charge in [-0.05, 0) is 24.3 Å². The summed E-state index contributed by atoms with van der Waals surface area (Å²) >= 11 is 0. The second-order valence-corrected chi connectivity index (χ2v) is 2.92. The summed E-state index contributed by atoms with van der Waals surface area (Å²) in [4.78, 5) is 10.8. The van der Waals surface area contributed by atoms with E-state index in [0.29, 0.717) is 5.56 Å². The normalized spacial score (nSPS) is 10.0. The first kappa shape index (κ1) is 8.56. The van der Waals surface area contributed by atoms with Gasteiger partial charge in [-0.15, -0.1) is 0 Å². The fourth-order valence-electron chi connectivity index (χ4n) is 1.24. The molecule has 0 bridgehead atoms. The first-order valence-corrected chi connectivity index (χ1v) is 4.21. The van der Waals surface area contributed by atoms with E-state index < -0.39 is 5.91 Å². The summed E-state index contributed by atoms with van der Waals surface area (Å²) < 4.78 is 5.20. The van der Waals surface area contributed by atoms with Crippen molar-refractivity contribution in [2.45, 2.75) is 0 Å². The highest BCUT2D eigenvalue weighted by Crippen LogP contribution is 2.19. The van der Waals surface area contributed by atoms with Gasteiger partial charge in [-0.3, -0.25) is 4.79 Å². The molecule has 3 heteroatoms. The topological polar surface area (TPSA) is 56.2 Å². The fourth-order valence-corrected chi connectivity index (χ4v) is 1.24. The molecule has 14 heavy (non-hydrogen) atoms. The Morgan fingerprint density at radius 1 is 1.14 bits per heavy atom. The molecule has 0 saturated carbocycles. The van der Waals surface area contributed by atoms with Crippen LogP contribution in [0.1, 0.15) is 10.4 Å². The zero-order valence-electron chi connectivity index (χ0n) is 7.44. The Morgan fingerprint density at radius 3 is 2.36 bits per heavy atom. The van der Waals surface area contributed by atoms with E-state index in [1.54, 1.807) is 30.5 Å². The van der Waals surface area contributed by atoms with Crippen molar-refractivity contribution in [2.24, 2.45) is 5.73 Å². The summed E-state index contributed by atoms with van der Waals surface area (Å²) in [5, 5.41) is 0. The molecule has 0 aliphatic rings. The summed E-state index contributed by atoms with van der Waals surface area (Å²) in [5.41, 5.74) is 6.55. The Hall–Kier alpha value is -2.03. The highest BCUT2D eigenvalue weighted by Gasteiger charge is 2.02. The third kappa shape index (κ3) is 1.52. The molecular formula is C11H9NO2. The lowest BCUT2D eigenvalue weighted by molar-refractivity contribution is 0.100. The molecule has 0 radical (unpaired) electrons. The van der Waals surface area contributed by atoms with Crippen LogP contribution in [0.2, 0.25) is 0 Å². The highest BCUT2D eigenvalue weighted by atomic mass is 16.3. The number of furan rings is 1. The molecule has 1 aromatic carbocycles. The molecule has 0 aliphatic heterocycles. The number of carbonyl (C=O) groups is 1. The first-order valence-electron chi connectivity index (χ1n) is 4.21. The van der Waals surface area contributed by atoms with Gasteiger partial charge in [0.15, 0.2) is 0 Å². The molecular weight excluding hydrogens is 178 g/mol. The Kier molecular flexibility index (Phi) is 2.07. The van der Waals surface area contributed by atoms with Gasteiger partial charge >= 0.3 is 0 Å². The monoisotopic (exact) mass is 187 g/mol. The highest BCUT2D eigenvalue weighted by molar-refractivity contribution is 5.93. The van der Waals surface area contributed by atoms with Gasteiger partial charge in [0, 0.05) is 11.1 Å². The lowest BCUT2D eigenvalue weighted by atomic mass is 10.1.